The van der Waals surface area contributed by atoms with Crippen molar-refractivity contribution in [1.29, 1.82) is 0 Å². The minimum atomic E-state index is -4.54. The Morgan fingerprint density at radius 2 is 1.59 bits per heavy atom. The van der Waals surface area contributed by atoms with E-state index < -0.39 is 20.9 Å². The molecule has 8 heteroatoms. The van der Waals surface area contributed by atoms with E-state index in [4.69, 9.17) is 4.43 Å². The molecule has 4 rings (SSSR count). The molecule has 0 saturated heterocycles. The smallest absolute Gasteiger partial charge is 0.461 e. The first-order valence-electron chi connectivity index (χ1n) is 12.4. The Kier molecular flexibility index (Phi) is 7.34. The molecule has 0 radical (unpaired) electrons. The summed E-state index contributed by atoms with van der Waals surface area (Å²) in [5.74, 6) is 0.573. The molecule has 198 valence electrons. The Bertz CT molecular complexity index is 1260. The Morgan fingerprint density at radius 3 is 2.30 bits per heavy atom. The first-order chi connectivity index (χ1) is 17.3. The number of halogens is 4. The van der Waals surface area contributed by atoms with Crippen LogP contribution < -0.4 is 14.5 Å². The van der Waals surface area contributed by atoms with Crippen LogP contribution in [0.1, 0.15) is 44.4 Å². The molecule has 0 saturated carbocycles. The number of benzene rings is 3. The van der Waals surface area contributed by atoms with Gasteiger partial charge in [-0.05, 0) is 83.6 Å². The summed E-state index contributed by atoms with van der Waals surface area (Å²) in [4.78, 5) is 0. The van der Waals surface area contributed by atoms with Crippen LogP contribution in [0.25, 0.3) is 11.1 Å². The summed E-state index contributed by atoms with van der Waals surface area (Å²) in [5.41, 5.74) is 4.99. The number of nitrogens with one attached hydrogen (secondary N) is 1. The van der Waals surface area contributed by atoms with Gasteiger partial charge in [0.25, 0.3) is 0 Å². The van der Waals surface area contributed by atoms with Crippen LogP contribution in [0.4, 0.5) is 23.2 Å². The fourth-order valence-electron chi connectivity index (χ4n) is 4.23. The van der Waals surface area contributed by atoms with E-state index >= 15 is 0 Å². The van der Waals surface area contributed by atoms with E-state index in [2.05, 4.69) is 62.1 Å². The van der Waals surface area contributed by atoms with Crippen molar-refractivity contribution < 1.29 is 26.7 Å². The quantitative estimate of drug-likeness (QED) is 0.244. The Hall–Kier alpha value is -3.00. The minimum absolute atomic E-state index is 0.0888. The van der Waals surface area contributed by atoms with Gasteiger partial charge in [-0.15, -0.1) is 0 Å². The average Bonchev–Trinajstić information content (AvgIpc) is 2.82. The maximum absolute atomic E-state index is 13.4. The van der Waals surface area contributed by atoms with Gasteiger partial charge in [0.2, 0.25) is 8.32 Å². The molecule has 1 aliphatic heterocycles. The Morgan fingerprint density at radius 1 is 0.919 bits per heavy atom. The summed E-state index contributed by atoms with van der Waals surface area (Å²) in [6.45, 7) is 11.1. The first-order valence-corrected chi connectivity index (χ1v) is 15.3. The van der Waals surface area contributed by atoms with Crippen LogP contribution in [0.2, 0.25) is 18.1 Å². The number of ether oxygens (including phenoxy) is 1. The lowest BCUT2D eigenvalue weighted by Crippen LogP contribution is -2.43. The van der Waals surface area contributed by atoms with Crippen LogP contribution in [0.5, 0.6) is 11.5 Å². The lowest BCUT2D eigenvalue weighted by Gasteiger charge is -2.36. The topological polar surface area (TPSA) is 30.5 Å². The molecule has 3 nitrogen and oxygen atoms in total. The van der Waals surface area contributed by atoms with E-state index in [1.54, 1.807) is 6.07 Å². The van der Waals surface area contributed by atoms with Crippen molar-refractivity contribution in [3.8, 4) is 22.6 Å². The minimum Gasteiger partial charge on any atom is -0.543 e. The highest BCUT2D eigenvalue weighted by atomic mass is 28.4. The standard InChI is InChI=1S/C29H33F4NO2Si/c1-28(2,3)37(4,5)36-22-12-6-9-19(17-22)23-13-8-14-26-24(23)15-16-25(34-26)20-10-7-11-21(18-20)35-29(32,33)27(30)31/h6-14,17-18,25,27,34H,15-16H2,1-5H3. The van der Waals surface area contributed by atoms with Gasteiger partial charge in [0.15, 0.2) is 0 Å². The molecule has 1 N–H and O–H groups in total. The molecular weight excluding hydrogens is 498 g/mol. The van der Waals surface area contributed by atoms with Crippen molar-refractivity contribution in [2.45, 2.75) is 70.3 Å². The number of alkyl halides is 4. The van der Waals surface area contributed by atoms with Crippen molar-refractivity contribution in [3.63, 3.8) is 0 Å². The van der Waals surface area contributed by atoms with Gasteiger partial charge in [-0.1, -0.05) is 57.2 Å². The molecule has 1 unspecified atom stereocenters. The van der Waals surface area contributed by atoms with Gasteiger partial charge >= 0.3 is 12.5 Å². The molecule has 37 heavy (non-hydrogen) atoms. The number of fused-ring (bicyclic) bond motifs is 1. The summed E-state index contributed by atoms with van der Waals surface area (Å²) in [6, 6.07) is 20.0. The largest absolute Gasteiger partial charge is 0.543 e. The summed E-state index contributed by atoms with van der Waals surface area (Å²) in [6.07, 6.45) is -6.98. The molecule has 0 aromatic heterocycles. The fraction of sp³-hybridized carbons (Fsp3) is 0.379. The third-order valence-electron chi connectivity index (χ3n) is 7.28. The van der Waals surface area contributed by atoms with E-state index in [0.29, 0.717) is 12.0 Å². The molecule has 1 atom stereocenters. The van der Waals surface area contributed by atoms with Crippen LogP contribution >= 0.6 is 0 Å². The number of hydrogen-bond donors (Lipinski definition) is 1. The second-order valence-electron chi connectivity index (χ2n) is 11.0. The van der Waals surface area contributed by atoms with Gasteiger partial charge in [0, 0.05) is 5.69 Å². The number of hydrogen-bond acceptors (Lipinski definition) is 3. The molecule has 1 heterocycles. The third kappa shape index (κ3) is 5.95. The van der Waals surface area contributed by atoms with Gasteiger partial charge in [0.05, 0.1) is 6.04 Å². The normalized spacial score (nSPS) is 16.2. The van der Waals surface area contributed by atoms with Gasteiger partial charge in [0.1, 0.15) is 11.5 Å². The molecule has 0 amide bonds. The third-order valence-corrected chi connectivity index (χ3v) is 11.6. The Labute approximate surface area is 216 Å². The van der Waals surface area contributed by atoms with Crippen molar-refractivity contribution in [2.24, 2.45) is 0 Å². The highest BCUT2D eigenvalue weighted by Gasteiger charge is 2.44. The second kappa shape index (κ2) is 10.0. The van der Waals surface area contributed by atoms with Gasteiger partial charge in [-0.3, -0.25) is 0 Å². The van der Waals surface area contributed by atoms with Crippen molar-refractivity contribution >= 4 is 14.0 Å². The van der Waals surface area contributed by atoms with E-state index in [1.807, 2.05) is 24.3 Å². The highest BCUT2D eigenvalue weighted by Crippen LogP contribution is 2.41. The van der Waals surface area contributed by atoms with Crippen LogP contribution in [0.15, 0.2) is 66.7 Å². The lowest BCUT2D eigenvalue weighted by molar-refractivity contribution is -0.253. The maximum atomic E-state index is 13.4. The lowest BCUT2D eigenvalue weighted by atomic mass is 9.88. The summed E-state index contributed by atoms with van der Waals surface area (Å²) in [5, 5.41) is 3.58. The predicted octanol–water partition coefficient (Wildman–Crippen LogP) is 9.07. The van der Waals surface area contributed by atoms with Crippen LogP contribution in [0.3, 0.4) is 0 Å². The SMILES string of the molecule is CC(C)(C)[Si](C)(C)Oc1cccc(-c2cccc3c2CCC(c2cccc(OC(F)(F)C(F)F)c2)N3)c1. The number of anilines is 1. The zero-order valence-corrected chi connectivity index (χ0v) is 22.7. The average molecular weight is 532 g/mol. The zero-order valence-electron chi connectivity index (χ0n) is 21.7. The van der Waals surface area contributed by atoms with Crippen molar-refractivity contribution in [3.05, 3.63) is 77.9 Å². The molecule has 3 aromatic carbocycles. The second-order valence-corrected chi connectivity index (χ2v) is 15.7. The highest BCUT2D eigenvalue weighted by molar-refractivity contribution is 6.74. The molecular formula is C29H33F4NO2Si. The van der Waals surface area contributed by atoms with E-state index in [9.17, 15) is 17.6 Å². The summed E-state index contributed by atoms with van der Waals surface area (Å²) in [7, 11) is -1.98. The number of rotatable bonds is 7. The Balaban J connectivity index is 1.57. The van der Waals surface area contributed by atoms with Crippen molar-refractivity contribution in [2.75, 3.05) is 5.32 Å². The molecule has 0 aliphatic carbocycles. The van der Waals surface area contributed by atoms with E-state index in [0.717, 1.165) is 29.0 Å². The molecule has 0 fully saturated rings. The van der Waals surface area contributed by atoms with Gasteiger partial charge in [-0.2, -0.15) is 17.6 Å². The fourth-order valence-corrected chi connectivity index (χ4v) is 5.25. The molecule has 3 aromatic rings. The van der Waals surface area contributed by atoms with E-state index in [1.165, 1.54) is 23.8 Å². The zero-order chi connectivity index (χ0) is 27.0. The first kappa shape index (κ1) is 27.0. The summed E-state index contributed by atoms with van der Waals surface area (Å²) < 4.78 is 62.7. The monoisotopic (exact) mass is 531 g/mol. The van der Waals surface area contributed by atoms with Crippen molar-refractivity contribution in [1.82, 2.24) is 0 Å². The van der Waals surface area contributed by atoms with Crippen LogP contribution in [-0.4, -0.2) is 20.9 Å². The molecule has 0 bridgehead atoms. The van der Waals surface area contributed by atoms with E-state index in [-0.39, 0.29) is 16.8 Å². The molecule has 1 aliphatic rings. The maximum Gasteiger partial charge on any atom is 0.461 e. The van der Waals surface area contributed by atoms with Crippen LogP contribution in [0, 0.1) is 0 Å². The molecule has 0 spiro atoms. The van der Waals surface area contributed by atoms with Crippen LogP contribution in [-0.2, 0) is 6.42 Å². The predicted molar refractivity (Wildman–Crippen MR) is 142 cm³/mol. The van der Waals surface area contributed by atoms with Gasteiger partial charge < -0.3 is 14.5 Å². The summed E-state index contributed by atoms with van der Waals surface area (Å²) >= 11 is 0. The van der Waals surface area contributed by atoms with Gasteiger partial charge in [-0.25, -0.2) is 0 Å².